The van der Waals surface area contributed by atoms with Gasteiger partial charge in [0, 0.05) is 24.8 Å². The van der Waals surface area contributed by atoms with Crippen LogP contribution in [0.25, 0.3) is 0 Å². The molecule has 2 aromatic rings. The van der Waals surface area contributed by atoms with Gasteiger partial charge in [-0.2, -0.15) is 0 Å². The molecule has 1 aliphatic carbocycles. The third-order valence-corrected chi connectivity index (χ3v) is 5.19. The van der Waals surface area contributed by atoms with Crippen LogP contribution in [0.5, 0.6) is 0 Å². The zero-order valence-corrected chi connectivity index (χ0v) is 13.7. The number of fused-ring (bicyclic) bond motifs is 4. The first-order valence-electron chi connectivity index (χ1n) is 8.67. The first-order chi connectivity index (χ1) is 11.3. The third-order valence-electron chi connectivity index (χ3n) is 5.19. The molecule has 3 aliphatic rings. The van der Waals surface area contributed by atoms with Gasteiger partial charge in [-0.1, -0.05) is 12.1 Å². The maximum absolute atomic E-state index is 4.54. The van der Waals surface area contributed by atoms with E-state index < -0.39 is 0 Å². The highest BCUT2D eigenvalue weighted by Gasteiger charge is 2.29. The number of rotatable bonds is 3. The summed E-state index contributed by atoms with van der Waals surface area (Å²) in [6, 6.07) is 10.5. The molecule has 5 rings (SSSR count). The Labute approximate surface area is 138 Å². The van der Waals surface area contributed by atoms with Crippen LogP contribution in [0.1, 0.15) is 31.2 Å². The van der Waals surface area contributed by atoms with E-state index in [4.69, 9.17) is 0 Å². The van der Waals surface area contributed by atoms with Crippen molar-refractivity contribution in [3.05, 3.63) is 42.2 Å². The molecule has 0 amide bonds. The standard InChI is InChI=1S/C19H24N4/c1-14-3-2-4-17(9-14)22-18-10-19(21-13-20-18)23-11-15-5-6-16(12-23)8-7-15/h2-4,9-10,13,15-16H,5-8,11-12H2,1H3,(H,20,21,22). The summed E-state index contributed by atoms with van der Waals surface area (Å²) in [6.45, 7) is 4.40. The largest absolute Gasteiger partial charge is 0.356 e. The molecule has 23 heavy (non-hydrogen) atoms. The van der Waals surface area contributed by atoms with Crippen molar-refractivity contribution in [2.75, 3.05) is 23.3 Å². The number of nitrogens with zero attached hydrogens (tertiary/aromatic N) is 3. The van der Waals surface area contributed by atoms with Crippen LogP contribution in [0.15, 0.2) is 36.7 Å². The molecule has 1 saturated carbocycles. The van der Waals surface area contributed by atoms with Crippen LogP contribution in [-0.2, 0) is 0 Å². The summed E-state index contributed by atoms with van der Waals surface area (Å²) >= 11 is 0. The molecule has 2 aliphatic heterocycles. The fourth-order valence-corrected chi connectivity index (χ4v) is 3.94. The van der Waals surface area contributed by atoms with Crippen LogP contribution < -0.4 is 10.2 Å². The Bertz CT molecular complexity index is 663. The third kappa shape index (κ3) is 3.31. The van der Waals surface area contributed by atoms with E-state index in [9.17, 15) is 0 Å². The fraction of sp³-hybridized carbons (Fsp3) is 0.474. The number of aromatic nitrogens is 2. The maximum atomic E-state index is 4.54. The van der Waals surface area contributed by atoms with E-state index >= 15 is 0 Å². The Balaban J connectivity index is 1.54. The Kier molecular flexibility index (Phi) is 3.90. The zero-order chi connectivity index (χ0) is 15.6. The molecule has 1 aromatic heterocycles. The van der Waals surface area contributed by atoms with E-state index in [1.54, 1.807) is 6.33 Å². The smallest absolute Gasteiger partial charge is 0.135 e. The normalized spacial score (nSPS) is 23.6. The van der Waals surface area contributed by atoms with Gasteiger partial charge in [0.1, 0.15) is 18.0 Å². The molecule has 4 nitrogen and oxygen atoms in total. The van der Waals surface area contributed by atoms with Crippen LogP contribution >= 0.6 is 0 Å². The van der Waals surface area contributed by atoms with Gasteiger partial charge in [0.25, 0.3) is 0 Å². The number of aryl methyl sites for hydroxylation is 1. The van der Waals surface area contributed by atoms with E-state index in [0.29, 0.717) is 0 Å². The van der Waals surface area contributed by atoms with E-state index in [2.05, 4.69) is 57.4 Å². The number of anilines is 3. The van der Waals surface area contributed by atoms with Crippen LogP contribution in [-0.4, -0.2) is 23.1 Å². The Hall–Kier alpha value is -2.10. The molecule has 120 valence electrons. The van der Waals surface area contributed by atoms with Gasteiger partial charge in [0.2, 0.25) is 0 Å². The minimum absolute atomic E-state index is 0.844. The quantitative estimate of drug-likeness (QED) is 0.924. The van der Waals surface area contributed by atoms with Crippen molar-refractivity contribution >= 4 is 17.3 Å². The summed E-state index contributed by atoms with van der Waals surface area (Å²) in [6.07, 6.45) is 7.24. The van der Waals surface area contributed by atoms with Crippen LogP contribution in [0.3, 0.4) is 0 Å². The molecule has 0 radical (unpaired) electrons. The number of hydrogen-bond acceptors (Lipinski definition) is 4. The summed E-state index contributed by atoms with van der Waals surface area (Å²) in [7, 11) is 0. The Morgan fingerprint density at radius 1 is 1.00 bits per heavy atom. The second kappa shape index (κ2) is 6.19. The lowest BCUT2D eigenvalue weighted by Crippen LogP contribution is -2.29. The van der Waals surface area contributed by atoms with Crippen molar-refractivity contribution in [1.82, 2.24) is 9.97 Å². The average molecular weight is 308 g/mol. The average Bonchev–Trinajstić information content (AvgIpc) is 2.89. The molecule has 4 heteroatoms. The van der Waals surface area contributed by atoms with E-state index in [1.165, 1.54) is 31.2 Å². The zero-order valence-electron chi connectivity index (χ0n) is 13.7. The molecule has 2 saturated heterocycles. The predicted molar refractivity (Wildman–Crippen MR) is 94.2 cm³/mol. The molecule has 3 heterocycles. The van der Waals surface area contributed by atoms with Gasteiger partial charge in [-0.05, 0) is 62.1 Å². The van der Waals surface area contributed by atoms with Gasteiger partial charge in [0.05, 0.1) is 0 Å². The molecule has 3 fully saturated rings. The van der Waals surface area contributed by atoms with E-state index in [1.807, 2.05) is 0 Å². The Morgan fingerprint density at radius 2 is 1.74 bits per heavy atom. The predicted octanol–water partition coefficient (Wildman–Crippen LogP) is 4.16. The highest BCUT2D eigenvalue weighted by atomic mass is 15.2. The summed E-state index contributed by atoms with van der Waals surface area (Å²) < 4.78 is 0. The lowest BCUT2D eigenvalue weighted by Gasteiger charge is -2.24. The number of benzene rings is 1. The van der Waals surface area contributed by atoms with Crippen molar-refractivity contribution in [2.24, 2.45) is 11.8 Å². The number of hydrogen-bond donors (Lipinski definition) is 1. The van der Waals surface area contributed by atoms with Gasteiger partial charge in [-0.15, -0.1) is 0 Å². The van der Waals surface area contributed by atoms with Crippen molar-refractivity contribution in [3.63, 3.8) is 0 Å². The van der Waals surface area contributed by atoms with Crippen molar-refractivity contribution in [3.8, 4) is 0 Å². The summed E-state index contributed by atoms with van der Waals surface area (Å²) in [5, 5.41) is 3.40. The molecule has 0 atom stereocenters. The summed E-state index contributed by atoms with van der Waals surface area (Å²) in [5.41, 5.74) is 2.32. The minimum Gasteiger partial charge on any atom is -0.356 e. The SMILES string of the molecule is Cc1cccc(Nc2cc(N3CC4CCC(CC4)C3)ncn2)c1. The highest BCUT2D eigenvalue weighted by Crippen LogP contribution is 2.35. The highest BCUT2D eigenvalue weighted by molar-refractivity contribution is 5.60. The van der Waals surface area contributed by atoms with Gasteiger partial charge in [-0.3, -0.25) is 0 Å². The van der Waals surface area contributed by atoms with E-state index in [-0.39, 0.29) is 0 Å². The van der Waals surface area contributed by atoms with Crippen molar-refractivity contribution in [2.45, 2.75) is 32.6 Å². The lowest BCUT2D eigenvalue weighted by molar-refractivity contribution is 0.326. The summed E-state index contributed by atoms with van der Waals surface area (Å²) in [5.74, 6) is 3.62. The maximum Gasteiger partial charge on any atom is 0.135 e. The Morgan fingerprint density at radius 3 is 2.43 bits per heavy atom. The molecular weight excluding hydrogens is 284 g/mol. The first kappa shape index (κ1) is 14.5. The van der Waals surface area contributed by atoms with Gasteiger partial charge < -0.3 is 10.2 Å². The molecule has 1 N–H and O–H groups in total. The molecular formula is C19H24N4. The lowest BCUT2D eigenvalue weighted by atomic mass is 9.84. The fourth-order valence-electron chi connectivity index (χ4n) is 3.94. The van der Waals surface area contributed by atoms with Crippen LogP contribution in [0.4, 0.5) is 17.3 Å². The second-order valence-corrected chi connectivity index (χ2v) is 7.05. The topological polar surface area (TPSA) is 41.0 Å². The number of nitrogens with one attached hydrogen (secondary N) is 1. The van der Waals surface area contributed by atoms with Crippen LogP contribution in [0.2, 0.25) is 0 Å². The van der Waals surface area contributed by atoms with Crippen molar-refractivity contribution < 1.29 is 0 Å². The summed E-state index contributed by atoms with van der Waals surface area (Å²) in [4.78, 5) is 11.4. The molecule has 2 bridgehead atoms. The minimum atomic E-state index is 0.844. The molecule has 1 aromatic carbocycles. The molecule has 0 spiro atoms. The van der Waals surface area contributed by atoms with Gasteiger partial charge in [0.15, 0.2) is 0 Å². The van der Waals surface area contributed by atoms with Gasteiger partial charge in [-0.25, -0.2) is 9.97 Å². The van der Waals surface area contributed by atoms with E-state index in [0.717, 1.165) is 42.2 Å². The monoisotopic (exact) mass is 308 g/mol. The van der Waals surface area contributed by atoms with Crippen LogP contribution in [0, 0.1) is 18.8 Å². The molecule has 0 unspecified atom stereocenters. The second-order valence-electron chi connectivity index (χ2n) is 7.05. The first-order valence-corrected chi connectivity index (χ1v) is 8.67. The van der Waals surface area contributed by atoms with Crippen molar-refractivity contribution in [1.29, 1.82) is 0 Å². The van der Waals surface area contributed by atoms with Gasteiger partial charge >= 0.3 is 0 Å².